The van der Waals surface area contributed by atoms with Crippen molar-refractivity contribution in [3.63, 3.8) is 0 Å². The van der Waals surface area contributed by atoms with Crippen LogP contribution in [0.5, 0.6) is 0 Å². The Labute approximate surface area is 128 Å². The Morgan fingerprint density at radius 3 is 2.86 bits per heavy atom. The standard InChI is InChI=1S/C16H19NO5/c1-21-11-4-3-10-7-14(19)17-6-5-13(18)12(8-15(20)22-2)16(10,17)9-11/h3-4,7,11-12H,5-6,8-9H2,1-2H3/t11-,12+,16+/m1/s1. The molecule has 1 amide bonds. The lowest BCUT2D eigenvalue weighted by atomic mass is 9.66. The normalized spacial score (nSPS) is 33.4. The fraction of sp³-hybridized carbons (Fsp3) is 0.562. The number of carbonyl (C=O) groups excluding carboxylic acids is 3. The summed E-state index contributed by atoms with van der Waals surface area (Å²) in [4.78, 5) is 38.3. The monoisotopic (exact) mass is 305 g/mol. The number of piperidine rings is 1. The number of hydrogen-bond donors (Lipinski definition) is 0. The first-order valence-corrected chi connectivity index (χ1v) is 7.37. The van der Waals surface area contributed by atoms with Crippen molar-refractivity contribution < 1.29 is 23.9 Å². The molecular weight excluding hydrogens is 286 g/mol. The summed E-state index contributed by atoms with van der Waals surface area (Å²) in [6.45, 7) is 0.389. The highest BCUT2D eigenvalue weighted by Gasteiger charge is 2.58. The fourth-order valence-electron chi connectivity index (χ4n) is 3.89. The Morgan fingerprint density at radius 2 is 2.18 bits per heavy atom. The van der Waals surface area contributed by atoms with Crippen molar-refractivity contribution in [3.8, 4) is 0 Å². The predicted octanol–water partition coefficient (Wildman–Crippen LogP) is 0.621. The van der Waals surface area contributed by atoms with Crippen LogP contribution in [-0.2, 0) is 23.9 Å². The zero-order valence-electron chi connectivity index (χ0n) is 12.7. The van der Waals surface area contributed by atoms with Crippen molar-refractivity contribution in [1.82, 2.24) is 4.90 Å². The van der Waals surface area contributed by atoms with E-state index in [-0.39, 0.29) is 30.6 Å². The van der Waals surface area contributed by atoms with Crippen molar-refractivity contribution in [1.29, 1.82) is 0 Å². The van der Waals surface area contributed by atoms with E-state index in [1.165, 1.54) is 7.11 Å². The molecule has 22 heavy (non-hydrogen) atoms. The molecule has 118 valence electrons. The van der Waals surface area contributed by atoms with E-state index in [1.807, 2.05) is 12.2 Å². The van der Waals surface area contributed by atoms with Gasteiger partial charge in [-0.2, -0.15) is 0 Å². The van der Waals surface area contributed by atoms with Crippen molar-refractivity contribution in [2.24, 2.45) is 5.92 Å². The first-order chi connectivity index (χ1) is 10.5. The molecule has 1 spiro atoms. The minimum absolute atomic E-state index is 0.00685. The van der Waals surface area contributed by atoms with Gasteiger partial charge in [0.1, 0.15) is 5.78 Å². The molecule has 1 fully saturated rings. The van der Waals surface area contributed by atoms with Gasteiger partial charge in [0, 0.05) is 32.6 Å². The van der Waals surface area contributed by atoms with Crippen LogP contribution in [0.3, 0.4) is 0 Å². The molecule has 6 nitrogen and oxygen atoms in total. The molecule has 3 rings (SSSR count). The first kappa shape index (κ1) is 15.0. The fourth-order valence-corrected chi connectivity index (χ4v) is 3.89. The number of ether oxygens (including phenoxy) is 2. The van der Waals surface area contributed by atoms with Gasteiger partial charge in [-0.05, 0) is 5.57 Å². The minimum Gasteiger partial charge on any atom is -0.469 e. The van der Waals surface area contributed by atoms with E-state index in [2.05, 4.69) is 0 Å². The van der Waals surface area contributed by atoms with Gasteiger partial charge < -0.3 is 14.4 Å². The second kappa shape index (κ2) is 5.35. The maximum atomic E-state index is 12.5. The minimum atomic E-state index is -0.768. The molecule has 0 radical (unpaired) electrons. The van der Waals surface area contributed by atoms with Crippen LogP contribution < -0.4 is 0 Å². The number of esters is 1. The van der Waals surface area contributed by atoms with Crippen molar-refractivity contribution in [2.75, 3.05) is 20.8 Å². The molecular formula is C16H19NO5. The molecule has 2 heterocycles. The Hall–Kier alpha value is -1.95. The number of carbonyl (C=O) groups is 3. The van der Waals surface area contributed by atoms with Gasteiger partial charge in [0.15, 0.2) is 0 Å². The summed E-state index contributed by atoms with van der Waals surface area (Å²) in [5.74, 6) is -1.10. The van der Waals surface area contributed by atoms with E-state index in [4.69, 9.17) is 9.47 Å². The summed E-state index contributed by atoms with van der Waals surface area (Å²) < 4.78 is 10.2. The second-order valence-electron chi connectivity index (χ2n) is 5.90. The number of Topliss-reactive ketones (excluding diaryl/α,β-unsaturated/α-hetero) is 1. The molecule has 0 unspecified atom stereocenters. The summed E-state index contributed by atoms with van der Waals surface area (Å²) in [6.07, 6.45) is 5.88. The van der Waals surface area contributed by atoms with E-state index in [9.17, 15) is 14.4 Å². The number of hydrogen-bond acceptors (Lipinski definition) is 5. The lowest BCUT2D eigenvalue weighted by Crippen LogP contribution is -2.62. The van der Waals surface area contributed by atoms with E-state index in [1.54, 1.807) is 18.1 Å². The van der Waals surface area contributed by atoms with Gasteiger partial charge in [0.2, 0.25) is 5.91 Å². The van der Waals surface area contributed by atoms with Crippen LogP contribution in [0.4, 0.5) is 0 Å². The predicted molar refractivity (Wildman–Crippen MR) is 76.8 cm³/mol. The van der Waals surface area contributed by atoms with Gasteiger partial charge in [0.25, 0.3) is 0 Å². The maximum absolute atomic E-state index is 12.5. The highest BCUT2D eigenvalue weighted by atomic mass is 16.5. The Morgan fingerprint density at radius 1 is 1.41 bits per heavy atom. The highest BCUT2D eigenvalue weighted by Crippen LogP contribution is 2.49. The smallest absolute Gasteiger partial charge is 0.306 e. The van der Waals surface area contributed by atoms with Gasteiger partial charge in [-0.1, -0.05) is 12.2 Å². The Kier molecular flexibility index (Phi) is 3.64. The van der Waals surface area contributed by atoms with Crippen molar-refractivity contribution in [2.45, 2.75) is 30.9 Å². The lowest BCUT2D eigenvalue weighted by Gasteiger charge is -2.50. The van der Waals surface area contributed by atoms with Gasteiger partial charge in [0.05, 0.1) is 31.1 Å². The van der Waals surface area contributed by atoms with Crippen LogP contribution in [-0.4, -0.2) is 55.0 Å². The number of nitrogens with zero attached hydrogens (tertiary/aromatic N) is 1. The third-order valence-electron chi connectivity index (χ3n) is 4.98. The van der Waals surface area contributed by atoms with Crippen LogP contribution in [0.1, 0.15) is 19.3 Å². The molecule has 0 aromatic carbocycles. The summed E-state index contributed by atoms with van der Waals surface area (Å²) in [6, 6.07) is 0. The summed E-state index contributed by atoms with van der Waals surface area (Å²) in [5.41, 5.74) is 0.0310. The molecule has 6 heteroatoms. The average molecular weight is 305 g/mol. The summed E-state index contributed by atoms with van der Waals surface area (Å²) in [7, 11) is 2.90. The first-order valence-electron chi connectivity index (χ1n) is 7.37. The molecule has 0 bridgehead atoms. The second-order valence-corrected chi connectivity index (χ2v) is 5.90. The van der Waals surface area contributed by atoms with Crippen LogP contribution in [0.2, 0.25) is 0 Å². The van der Waals surface area contributed by atoms with Crippen molar-refractivity contribution >= 4 is 17.7 Å². The van der Waals surface area contributed by atoms with Crippen LogP contribution >= 0.6 is 0 Å². The van der Waals surface area contributed by atoms with Crippen LogP contribution in [0.15, 0.2) is 23.8 Å². The highest BCUT2D eigenvalue weighted by molar-refractivity contribution is 5.99. The topological polar surface area (TPSA) is 72.9 Å². The third-order valence-corrected chi connectivity index (χ3v) is 4.98. The summed E-state index contributed by atoms with van der Waals surface area (Å²) in [5, 5.41) is 0. The van der Waals surface area contributed by atoms with E-state index in [0.29, 0.717) is 13.0 Å². The molecule has 0 aromatic rings. The van der Waals surface area contributed by atoms with Gasteiger partial charge in [-0.15, -0.1) is 0 Å². The molecule has 0 aromatic heterocycles. The molecule has 1 aliphatic carbocycles. The lowest BCUT2D eigenvalue weighted by molar-refractivity contribution is -0.152. The SMILES string of the molecule is COC(=O)C[C@H]1C(=O)CCN2C(=O)C=C3C=C[C@@H](OC)C[C@]312. The van der Waals surface area contributed by atoms with E-state index < -0.39 is 17.4 Å². The zero-order chi connectivity index (χ0) is 15.9. The Balaban J connectivity index is 2.06. The largest absolute Gasteiger partial charge is 0.469 e. The molecule has 3 atom stereocenters. The van der Waals surface area contributed by atoms with Crippen LogP contribution in [0.25, 0.3) is 0 Å². The van der Waals surface area contributed by atoms with Gasteiger partial charge >= 0.3 is 5.97 Å². The summed E-state index contributed by atoms with van der Waals surface area (Å²) >= 11 is 0. The van der Waals surface area contributed by atoms with Gasteiger partial charge in [-0.25, -0.2) is 0 Å². The van der Waals surface area contributed by atoms with Gasteiger partial charge in [-0.3, -0.25) is 14.4 Å². The molecule has 1 saturated heterocycles. The maximum Gasteiger partial charge on any atom is 0.306 e. The third kappa shape index (κ3) is 2.01. The Bertz CT molecular complexity index is 593. The number of amides is 1. The average Bonchev–Trinajstić information content (AvgIpc) is 2.81. The zero-order valence-corrected chi connectivity index (χ0v) is 12.7. The van der Waals surface area contributed by atoms with Crippen LogP contribution in [0, 0.1) is 5.92 Å². The van der Waals surface area contributed by atoms with Crippen molar-refractivity contribution in [3.05, 3.63) is 23.8 Å². The van der Waals surface area contributed by atoms with E-state index in [0.717, 1.165) is 5.57 Å². The molecule has 0 saturated carbocycles. The number of rotatable bonds is 3. The molecule has 0 N–H and O–H groups in total. The molecule has 3 aliphatic rings. The number of methoxy groups -OCH3 is 2. The quantitative estimate of drug-likeness (QED) is 0.715. The van der Waals surface area contributed by atoms with E-state index >= 15 is 0 Å². The number of ketones is 1. The molecule has 2 aliphatic heterocycles.